The van der Waals surface area contributed by atoms with Gasteiger partial charge in [-0.25, -0.2) is 0 Å². The molecule has 110 valence electrons. The third-order valence-corrected chi connectivity index (χ3v) is 3.02. The Balaban J connectivity index is 3.85. The van der Waals surface area contributed by atoms with Crippen LogP contribution in [0.5, 0.6) is 0 Å². The van der Waals surface area contributed by atoms with E-state index in [9.17, 15) is 10.2 Å². The first-order chi connectivity index (χ1) is 8.74. The molecule has 18 heavy (non-hydrogen) atoms. The average Bonchev–Trinajstić information content (AvgIpc) is 2.41. The van der Waals surface area contributed by atoms with Gasteiger partial charge in [-0.15, -0.1) is 0 Å². The van der Waals surface area contributed by atoms with Crippen molar-refractivity contribution in [3.8, 4) is 0 Å². The van der Waals surface area contributed by atoms with Crippen LogP contribution in [0.4, 0.5) is 0 Å². The fourth-order valence-electron chi connectivity index (χ4n) is 1.55. The summed E-state index contributed by atoms with van der Waals surface area (Å²) >= 11 is 0. The zero-order valence-electron chi connectivity index (χ0n) is 12.0. The number of aliphatic hydroxyl groups is 2. The summed E-state index contributed by atoms with van der Waals surface area (Å²) in [6.45, 7) is 6.11. The summed E-state index contributed by atoms with van der Waals surface area (Å²) in [5.41, 5.74) is -0.653. The van der Waals surface area contributed by atoms with Gasteiger partial charge in [0.15, 0.2) is 0 Å². The Hall–Kier alpha value is -0.160. The minimum absolute atomic E-state index is 0.108. The Kier molecular flexibility index (Phi) is 11.8. The van der Waals surface area contributed by atoms with Gasteiger partial charge in [-0.1, -0.05) is 33.1 Å². The molecule has 4 heteroatoms. The highest BCUT2D eigenvalue weighted by molar-refractivity contribution is 4.77. The first-order valence-electron chi connectivity index (χ1n) is 7.12. The fourth-order valence-corrected chi connectivity index (χ4v) is 1.55. The minimum Gasteiger partial charge on any atom is -0.396 e. The SMILES string of the molecule is CCCCCOCC(CO)(CO)COCCCC. The maximum atomic E-state index is 9.42. The van der Waals surface area contributed by atoms with Crippen molar-refractivity contribution < 1.29 is 19.7 Å². The van der Waals surface area contributed by atoms with Crippen molar-refractivity contribution in [2.75, 3.05) is 39.6 Å². The molecule has 4 nitrogen and oxygen atoms in total. The molecule has 0 amide bonds. The molecule has 0 rings (SSSR count). The molecule has 0 unspecified atom stereocenters. The summed E-state index contributed by atoms with van der Waals surface area (Å²) in [4.78, 5) is 0. The number of unbranched alkanes of at least 4 members (excludes halogenated alkanes) is 3. The molecule has 0 radical (unpaired) electrons. The fraction of sp³-hybridized carbons (Fsp3) is 1.00. The molecule has 0 atom stereocenters. The van der Waals surface area contributed by atoms with E-state index in [0.29, 0.717) is 26.4 Å². The Bertz CT molecular complexity index is 169. The summed E-state index contributed by atoms with van der Waals surface area (Å²) in [5, 5.41) is 18.8. The van der Waals surface area contributed by atoms with Crippen LogP contribution in [0, 0.1) is 5.41 Å². The Morgan fingerprint density at radius 1 is 0.778 bits per heavy atom. The summed E-state index contributed by atoms with van der Waals surface area (Å²) in [7, 11) is 0. The molecule has 0 aliphatic heterocycles. The lowest BCUT2D eigenvalue weighted by molar-refractivity contribution is -0.0775. The van der Waals surface area contributed by atoms with Gasteiger partial charge in [-0.2, -0.15) is 0 Å². The lowest BCUT2D eigenvalue weighted by atomic mass is 9.92. The largest absolute Gasteiger partial charge is 0.396 e. The number of aliphatic hydroxyl groups excluding tert-OH is 2. The van der Waals surface area contributed by atoms with Gasteiger partial charge in [0, 0.05) is 13.2 Å². The van der Waals surface area contributed by atoms with Crippen molar-refractivity contribution >= 4 is 0 Å². The van der Waals surface area contributed by atoms with Crippen LogP contribution in [0.15, 0.2) is 0 Å². The smallest absolute Gasteiger partial charge is 0.0632 e. The van der Waals surface area contributed by atoms with Gasteiger partial charge in [-0.05, 0) is 12.8 Å². The zero-order chi connectivity index (χ0) is 13.7. The maximum absolute atomic E-state index is 9.42. The van der Waals surface area contributed by atoms with Gasteiger partial charge in [0.25, 0.3) is 0 Å². The Morgan fingerprint density at radius 2 is 1.28 bits per heavy atom. The molecule has 0 aromatic rings. The van der Waals surface area contributed by atoms with Crippen molar-refractivity contribution in [3.05, 3.63) is 0 Å². The van der Waals surface area contributed by atoms with Gasteiger partial charge >= 0.3 is 0 Å². The van der Waals surface area contributed by atoms with Crippen LogP contribution in [0.1, 0.15) is 46.0 Å². The third kappa shape index (κ3) is 8.03. The van der Waals surface area contributed by atoms with Gasteiger partial charge in [0.1, 0.15) is 0 Å². The Labute approximate surface area is 111 Å². The van der Waals surface area contributed by atoms with Crippen molar-refractivity contribution in [1.29, 1.82) is 0 Å². The molecule has 0 aromatic carbocycles. The number of hydrogen-bond acceptors (Lipinski definition) is 4. The number of hydrogen-bond donors (Lipinski definition) is 2. The van der Waals surface area contributed by atoms with E-state index in [1.165, 1.54) is 0 Å². The second-order valence-electron chi connectivity index (χ2n) is 4.98. The molecule has 0 spiro atoms. The second kappa shape index (κ2) is 11.9. The van der Waals surface area contributed by atoms with E-state index in [-0.39, 0.29) is 13.2 Å². The predicted molar refractivity (Wildman–Crippen MR) is 72.7 cm³/mol. The highest BCUT2D eigenvalue weighted by atomic mass is 16.5. The van der Waals surface area contributed by atoms with Gasteiger partial charge in [-0.3, -0.25) is 0 Å². The van der Waals surface area contributed by atoms with Crippen molar-refractivity contribution in [2.24, 2.45) is 5.41 Å². The molecule has 2 N–H and O–H groups in total. The molecule has 0 aliphatic rings. The molecule has 0 saturated heterocycles. The van der Waals surface area contributed by atoms with Crippen molar-refractivity contribution in [3.63, 3.8) is 0 Å². The highest BCUT2D eigenvalue weighted by Crippen LogP contribution is 2.17. The summed E-state index contributed by atoms with van der Waals surface area (Å²) < 4.78 is 11.0. The van der Waals surface area contributed by atoms with Gasteiger partial charge in [0.2, 0.25) is 0 Å². The second-order valence-corrected chi connectivity index (χ2v) is 4.98. The quantitative estimate of drug-likeness (QED) is 0.498. The van der Waals surface area contributed by atoms with Gasteiger partial charge < -0.3 is 19.7 Å². The molecule has 0 aromatic heterocycles. The van der Waals surface area contributed by atoms with E-state index in [2.05, 4.69) is 13.8 Å². The highest BCUT2D eigenvalue weighted by Gasteiger charge is 2.29. The molecule has 0 fully saturated rings. The number of rotatable bonds is 13. The van der Waals surface area contributed by atoms with E-state index in [1.54, 1.807) is 0 Å². The van der Waals surface area contributed by atoms with Crippen LogP contribution < -0.4 is 0 Å². The Morgan fingerprint density at radius 3 is 1.72 bits per heavy atom. The van der Waals surface area contributed by atoms with E-state index >= 15 is 0 Å². The molecular weight excluding hydrogens is 232 g/mol. The van der Waals surface area contributed by atoms with E-state index in [1.807, 2.05) is 0 Å². The third-order valence-electron chi connectivity index (χ3n) is 3.02. The van der Waals surface area contributed by atoms with E-state index < -0.39 is 5.41 Å². The molecule has 0 aliphatic carbocycles. The van der Waals surface area contributed by atoms with Crippen LogP contribution in [-0.2, 0) is 9.47 Å². The molecular formula is C14H30O4. The first kappa shape index (κ1) is 17.8. The first-order valence-corrected chi connectivity index (χ1v) is 7.12. The normalized spacial score (nSPS) is 12.0. The lowest BCUT2D eigenvalue weighted by Crippen LogP contribution is -2.40. The zero-order valence-corrected chi connectivity index (χ0v) is 12.0. The van der Waals surface area contributed by atoms with Crippen LogP contribution in [0.3, 0.4) is 0 Å². The summed E-state index contributed by atoms with van der Waals surface area (Å²) in [6, 6.07) is 0. The predicted octanol–water partition coefficient (Wildman–Crippen LogP) is 1.98. The topological polar surface area (TPSA) is 58.9 Å². The van der Waals surface area contributed by atoms with Crippen LogP contribution in [-0.4, -0.2) is 49.9 Å². The van der Waals surface area contributed by atoms with Crippen LogP contribution >= 0.6 is 0 Å². The van der Waals surface area contributed by atoms with Crippen LogP contribution in [0.2, 0.25) is 0 Å². The molecule has 0 heterocycles. The lowest BCUT2D eigenvalue weighted by Gasteiger charge is -2.29. The van der Waals surface area contributed by atoms with Crippen molar-refractivity contribution in [1.82, 2.24) is 0 Å². The average molecular weight is 262 g/mol. The standard InChI is InChI=1S/C14H30O4/c1-3-5-7-9-18-13-14(10-15,11-16)12-17-8-6-4-2/h15-16H,3-13H2,1-2H3. The monoisotopic (exact) mass is 262 g/mol. The number of ether oxygens (including phenoxy) is 2. The summed E-state index contributed by atoms with van der Waals surface area (Å²) in [6.07, 6.45) is 5.43. The van der Waals surface area contributed by atoms with Gasteiger partial charge in [0.05, 0.1) is 31.8 Å². The minimum atomic E-state index is -0.653. The van der Waals surface area contributed by atoms with Crippen molar-refractivity contribution in [2.45, 2.75) is 46.0 Å². The summed E-state index contributed by atoms with van der Waals surface area (Å²) in [5.74, 6) is 0. The van der Waals surface area contributed by atoms with E-state index in [0.717, 1.165) is 32.1 Å². The van der Waals surface area contributed by atoms with Crippen LogP contribution in [0.25, 0.3) is 0 Å². The molecule has 0 bridgehead atoms. The maximum Gasteiger partial charge on any atom is 0.0632 e. The molecule has 0 saturated carbocycles. The van der Waals surface area contributed by atoms with E-state index in [4.69, 9.17) is 9.47 Å².